The van der Waals surface area contributed by atoms with Gasteiger partial charge in [-0.3, -0.25) is 14.5 Å². The highest BCUT2D eigenvalue weighted by Gasteiger charge is 2.53. The smallest absolute Gasteiger partial charge is 0.233 e. The minimum Gasteiger partial charge on any atom is -0.353 e. The molecule has 5 nitrogen and oxygen atoms in total. The lowest BCUT2D eigenvalue weighted by Crippen LogP contribution is -2.52. The number of hydrogen-bond donors (Lipinski definition) is 1. The Morgan fingerprint density at radius 2 is 1.66 bits per heavy atom. The van der Waals surface area contributed by atoms with E-state index in [4.69, 9.17) is 0 Å². The van der Waals surface area contributed by atoms with Crippen molar-refractivity contribution in [3.8, 4) is 0 Å². The van der Waals surface area contributed by atoms with Gasteiger partial charge in [-0.05, 0) is 63.5 Å². The molecular formula is C24H33N3O2. The molecule has 2 aliphatic heterocycles. The highest BCUT2D eigenvalue weighted by molar-refractivity contribution is 5.91. The molecule has 4 aliphatic rings. The fraction of sp³-hybridized carbons (Fsp3) is 0.667. The van der Waals surface area contributed by atoms with E-state index in [0.29, 0.717) is 18.0 Å². The summed E-state index contributed by atoms with van der Waals surface area (Å²) in [6, 6.07) is 11.3. The Bertz CT molecular complexity index is 749. The van der Waals surface area contributed by atoms with E-state index < -0.39 is 0 Å². The van der Waals surface area contributed by atoms with Crippen LogP contribution in [0.15, 0.2) is 30.3 Å². The number of nitrogens with zero attached hydrogens (tertiary/aromatic N) is 2. The average Bonchev–Trinajstić information content (AvgIpc) is 3.70. The molecule has 0 bridgehead atoms. The first-order chi connectivity index (χ1) is 14.2. The van der Waals surface area contributed by atoms with Crippen molar-refractivity contribution in [1.29, 1.82) is 0 Å². The molecule has 1 aromatic carbocycles. The van der Waals surface area contributed by atoms with Gasteiger partial charge in [-0.2, -0.15) is 0 Å². The van der Waals surface area contributed by atoms with Crippen LogP contribution in [0.25, 0.3) is 0 Å². The van der Waals surface area contributed by atoms with Gasteiger partial charge in [0.2, 0.25) is 11.8 Å². The predicted molar refractivity (Wildman–Crippen MR) is 112 cm³/mol. The van der Waals surface area contributed by atoms with Crippen LogP contribution >= 0.6 is 0 Å². The summed E-state index contributed by atoms with van der Waals surface area (Å²) in [4.78, 5) is 30.4. The molecule has 2 heterocycles. The number of rotatable bonds is 5. The van der Waals surface area contributed by atoms with Gasteiger partial charge in [0.1, 0.15) is 0 Å². The highest BCUT2D eigenvalue weighted by atomic mass is 16.2. The molecule has 2 saturated heterocycles. The van der Waals surface area contributed by atoms with Crippen LogP contribution in [0.4, 0.5) is 0 Å². The minimum atomic E-state index is -0.245. The monoisotopic (exact) mass is 395 g/mol. The number of amides is 2. The van der Waals surface area contributed by atoms with E-state index in [1.54, 1.807) is 0 Å². The van der Waals surface area contributed by atoms with Crippen LogP contribution in [-0.2, 0) is 15.0 Å². The first kappa shape index (κ1) is 19.1. The van der Waals surface area contributed by atoms with E-state index in [1.807, 2.05) is 18.2 Å². The van der Waals surface area contributed by atoms with Crippen molar-refractivity contribution in [2.24, 2.45) is 5.92 Å². The zero-order chi connectivity index (χ0) is 19.8. The number of piperidine rings is 2. The van der Waals surface area contributed by atoms with Crippen LogP contribution < -0.4 is 5.32 Å². The number of carbonyl (C=O) groups is 2. The Kier molecular flexibility index (Phi) is 5.10. The molecule has 29 heavy (non-hydrogen) atoms. The maximum absolute atomic E-state index is 13.3. The molecule has 0 spiro atoms. The van der Waals surface area contributed by atoms with Crippen molar-refractivity contribution >= 4 is 11.8 Å². The third-order valence-corrected chi connectivity index (χ3v) is 7.50. The summed E-state index contributed by atoms with van der Waals surface area (Å²) in [6.45, 7) is 3.70. The normalized spacial score (nSPS) is 27.4. The van der Waals surface area contributed by atoms with Gasteiger partial charge in [0.15, 0.2) is 0 Å². The standard InChI is InChI=1S/C24H33N3O2/c28-22(25-20-8-9-20)18-5-4-14-27(17-18)21-10-15-26(16-11-21)23(29)24(12-13-24)19-6-2-1-3-7-19/h1-3,6-7,18,20-21H,4-5,8-17H2,(H,25,28). The molecule has 4 fully saturated rings. The van der Waals surface area contributed by atoms with Crippen molar-refractivity contribution in [1.82, 2.24) is 15.1 Å². The van der Waals surface area contributed by atoms with Crippen molar-refractivity contribution < 1.29 is 9.59 Å². The molecule has 1 unspecified atom stereocenters. The second kappa shape index (κ2) is 7.75. The number of nitrogens with one attached hydrogen (secondary N) is 1. The van der Waals surface area contributed by atoms with Crippen molar-refractivity contribution in [3.63, 3.8) is 0 Å². The van der Waals surface area contributed by atoms with Gasteiger partial charge in [-0.25, -0.2) is 0 Å². The lowest BCUT2D eigenvalue weighted by molar-refractivity contribution is -0.135. The van der Waals surface area contributed by atoms with Gasteiger partial charge in [0, 0.05) is 31.7 Å². The fourth-order valence-electron chi connectivity index (χ4n) is 5.34. The molecule has 0 aromatic heterocycles. The SMILES string of the molecule is O=C(NC1CC1)C1CCCN(C2CCN(C(=O)C3(c4ccccc4)CC3)CC2)C1. The third-order valence-electron chi connectivity index (χ3n) is 7.50. The summed E-state index contributed by atoms with van der Waals surface area (Å²) in [5.74, 6) is 0.752. The van der Waals surface area contributed by atoms with Crippen molar-refractivity contribution in [2.45, 2.75) is 68.9 Å². The van der Waals surface area contributed by atoms with E-state index in [2.05, 4.69) is 27.2 Å². The average molecular weight is 396 g/mol. The summed E-state index contributed by atoms with van der Waals surface area (Å²) in [7, 11) is 0. The predicted octanol–water partition coefficient (Wildman–Crippen LogP) is 2.70. The largest absolute Gasteiger partial charge is 0.353 e. The Morgan fingerprint density at radius 3 is 2.31 bits per heavy atom. The molecule has 1 atom stereocenters. The molecule has 2 saturated carbocycles. The van der Waals surface area contributed by atoms with Crippen LogP contribution in [0.5, 0.6) is 0 Å². The summed E-state index contributed by atoms with van der Waals surface area (Å²) < 4.78 is 0. The van der Waals surface area contributed by atoms with E-state index >= 15 is 0 Å². The van der Waals surface area contributed by atoms with Crippen LogP contribution in [0, 0.1) is 5.92 Å². The molecule has 2 amide bonds. The van der Waals surface area contributed by atoms with E-state index in [9.17, 15) is 9.59 Å². The first-order valence-corrected chi connectivity index (χ1v) is 11.5. The second-order valence-electron chi connectivity index (χ2n) is 9.59. The van der Waals surface area contributed by atoms with Gasteiger partial charge in [-0.1, -0.05) is 30.3 Å². The maximum atomic E-state index is 13.3. The van der Waals surface area contributed by atoms with Gasteiger partial charge in [0.05, 0.1) is 11.3 Å². The maximum Gasteiger partial charge on any atom is 0.233 e. The van der Waals surface area contributed by atoms with Crippen LogP contribution in [0.2, 0.25) is 0 Å². The highest BCUT2D eigenvalue weighted by Crippen LogP contribution is 2.49. The topological polar surface area (TPSA) is 52.7 Å². The zero-order valence-corrected chi connectivity index (χ0v) is 17.3. The molecule has 1 aromatic rings. The Labute approximate surface area is 173 Å². The summed E-state index contributed by atoms with van der Waals surface area (Å²) >= 11 is 0. The minimum absolute atomic E-state index is 0.150. The molecule has 0 radical (unpaired) electrons. The molecular weight excluding hydrogens is 362 g/mol. The summed E-state index contributed by atoms with van der Waals surface area (Å²) in [6.07, 6.45) is 8.48. The van der Waals surface area contributed by atoms with E-state index in [-0.39, 0.29) is 17.2 Å². The zero-order valence-electron chi connectivity index (χ0n) is 17.3. The Hall–Kier alpha value is -1.88. The molecule has 1 N–H and O–H groups in total. The van der Waals surface area contributed by atoms with E-state index in [1.165, 1.54) is 5.56 Å². The lowest BCUT2D eigenvalue weighted by atomic mass is 9.91. The van der Waals surface area contributed by atoms with Crippen LogP contribution in [0.1, 0.15) is 56.9 Å². The summed E-state index contributed by atoms with van der Waals surface area (Å²) in [5.41, 5.74) is 0.943. The fourth-order valence-corrected chi connectivity index (χ4v) is 5.34. The second-order valence-corrected chi connectivity index (χ2v) is 9.59. The molecule has 5 heteroatoms. The number of likely N-dealkylation sites (tertiary alicyclic amines) is 2. The molecule has 5 rings (SSSR count). The van der Waals surface area contributed by atoms with Gasteiger partial charge < -0.3 is 10.2 Å². The number of carbonyl (C=O) groups excluding carboxylic acids is 2. The number of benzene rings is 1. The van der Waals surface area contributed by atoms with Gasteiger partial charge in [0.25, 0.3) is 0 Å². The quantitative estimate of drug-likeness (QED) is 0.834. The molecule has 2 aliphatic carbocycles. The molecule has 156 valence electrons. The number of hydrogen-bond acceptors (Lipinski definition) is 3. The summed E-state index contributed by atoms with van der Waals surface area (Å²) in [5, 5.41) is 3.19. The Balaban J connectivity index is 1.15. The van der Waals surface area contributed by atoms with Crippen molar-refractivity contribution in [3.05, 3.63) is 35.9 Å². The van der Waals surface area contributed by atoms with Crippen LogP contribution in [0.3, 0.4) is 0 Å². The van der Waals surface area contributed by atoms with Crippen molar-refractivity contribution in [2.75, 3.05) is 26.2 Å². The van der Waals surface area contributed by atoms with Gasteiger partial charge in [-0.15, -0.1) is 0 Å². The lowest BCUT2D eigenvalue weighted by Gasteiger charge is -2.42. The first-order valence-electron chi connectivity index (χ1n) is 11.5. The van der Waals surface area contributed by atoms with Gasteiger partial charge >= 0.3 is 0 Å². The third kappa shape index (κ3) is 3.94. The van der Waals surface area contributed by atoms with Crippen LogP contribution in [-0.4, -0.2) is 59.9 Å². The van der Waals surface area contributed by atoms with E-state index in [0.717, 1.165) is 77.5 Å². The Morgan fingerprint density at radius 1 is 0.931 bits per heavy atom.